The fourth-order valence-electron chi connectivity index (χ4n) is 2.40. The first-order valence-corrected chi connectivity index (χ1v) is 7.96. The average Bonchev–Trinajstić information content (AvgIpc) is 2.58. The van der Waals surface area contributed by atoms with Gasteiger partial charge in [0, 0.05) is 39.8 Å². The van der Waals surface area contributed by atoms with Gasteiger partial charge < -0.3 is 20.1 Å². The normalized spacial score (nSPS) is 16.2. The lowest BCUT2D eigenvalue weighted by atomic mass is 10.2. The lowest BCUT2D eigenvalue weighted by Crippen LogP contribution is -2.44. The first-order chi connectivity index (χ1) is 11.7. The third-order valence-electron chi connectivity index (χ3n) is 3.63. The minimum absolute atomic E-state index is 0.152. The molecule has 1 aromatic rings. The summed E-state index contributed by atoms with van der Waals surface area (Å²) in [5.41, 5.74) is 0.837. The third-order valence-corrected chi connectivity index (χ3v) is 3.63. The van der Waals surface area contributed by atoms with Crippen LogP contribution >= 0.6 is 0 Å². The summed E-state index contributed by atoms with van der Waals surface area (Å²) in [6.07, 6.45) is 0. The first-order valence-electron chi connectivity index (χ1n) is 7.96. The highest BCUT2D eigenvalue weighted by Crippen LogP contribution is 2.15. The Labute approximate surface area is 140 Å². The summed E-state index contributed by atoms with van der Waals surface area (Å²) in [7, 11) is 1.69. The van der Waals surface area contributed by atoms with Crippen LogP contribution in [0.4, 0.5) is 8.78 Å². The third kappa shape index (κ3) is 6.67. The minimum atomic E-state index is -2.82. The van der Waals surface area contributed by atoms with Crippen LogP contribution in [-0.2, 0) is 11.3 Å². The summed E-state index contributed by atoms with van der Waals surface area (Å²) in [5.74, 6) is 0.822. The second kappa shape index (κ2) is 10.0. The van der Waals surface area contributed by atoms with Crippen molar-refractivity contribution >= 4 is 5.96 Å². The van der Waals surface area contributed by atoms with Crippen LogP contribution in [0.5, 0.6) is 5.75 Å². The molecule has 0 atom stereocenters. The average molecular weight is 342 g/mol. The van der Waals surface area contributed by atoms with Crippen molar-refractivity contribution in [2.45, 2.75) is 13.2 Å². The summed E-state index contributed by atoms with van der Waals surface area (Å²) in [6.45, 7) is 2.81. The van der Waals surface area contributed by atoms with Gasteiger partial charge in [-0.3, -0.25) is 9.89 Å². The number of halogens is 2. The highest BCUT2D eigenvalue weighted by atomic mass is 19.3. The molecule has 2 rings (SSSR count). The quantitative estimate of drug-likeness (QED) is 0.578. The number of aliphatic imine (C=N–C) groups is 1. The smallest absolute Gasteiger partial charge is 0.387 e. The largest absolute Gasteiger partial charge is 0.435 e. The number of nitrogens with zero attached hydrogens (tertiary/aromatic N) is 2. The number of benzene rings is 1. The van der Waals surface area contributed by atoms with Crippen molar-refractivity contribution < 1.29 is 18.3 Å². The Morgan fingerprint density at radius 3 is 2.83 bits per heavy atom. The predicted molar refractivity (Wildman–Crippen MR) is 88.5 cm³/mol. The van der Waals surface area contributed by atoms with Gasteiger partial charge in [-0.2, -0.15) is 8.78 Å². The number of guanidine groups is 1. The van der Waals surface area contributed by atoms with E-state index in [-0.39, 0.29) is 5.75 Å². The maximum Gasteiger partial charge on any atom is 0.387 e. The number of rotatable bonds is 7. The Kier molecular flexibility index (Phi) is 7.70. The molecule has 1 aliphatic heterocycles. The molecule has 134 valence electrons. The topological polar surface area (TPSA) is 58.1 Å². The van der Waals surface area contributed by atoms with E-state index in [1.165, 1.54) is 6.07 Å². The van der Waals surface area contributed by atoms with Crippen LogP contribution in [0.3, 0.4) is 0 Å². The summed E-state index contributed by atoms with van der Waals surface area (Å²) < 4.78 is 34.2. The van der Waals surface area contributed by atoms with Gasteiger partial charge in [0.05, 0.1) is 13.2 Å². The standard InChI is InChI=1S/C16H24F2N4O2/c1-19-16(20-5-6-22-7-9-23-10-8-22)21-12-13-3-2-4-14(11-13)24-15(17)18/h2-4,11,15H,5-10,12H2,1H3,(H2,19,20,21). The Morgan fingerprint density at radius 1 is 1.33 bits per heavy atom. The summed E-state index contributed by atoms with van der Waals surface area (Å²) in [6, 6.07) is 6.61. The molecule has 0 amide bonds. The summed E-state index contributed by atoms with van der Waals surface area (Å²) >= 11 is 0. The maximum atomic E-state index is 12.2. The molecule has 6 nitrogen and oxygen atoms in total. The maximum absolute atomic E-state index is 12.2. The van der Waals surface area contributed by atoms with E-state index in [0.29, 0.717) is 12.5 Å². The van der Waals surface area contributed by atoms with Gasteiger partial charge in [-0.05, 0) is 17.7 Å². The Morgan fingerprint density at radius 2 is 2.12 bits per heavy atom. The fraction of sp³-hybridized carbons (Fsp3) is 0.562. The van der Waals surface area contributed by atoms with Gasteiger partial charge in [-0.15, -0.1) is 0 Å². The van der Waals surface area contributed by atoms with Gasteiger partial charge in [-0.25, -0.2) is 0 Å². The number of ether oxygens (including phenoxy) is 2. The van der Waals surface area contributed by atoms with E-state index in [1.807, 2.05) is 6.07 Å². The number of alkyl halides is 2. The van der Waals surface area contributed by atoms with Crippen LogP contribution in [0.25, 0.3) is 0 Å². The number of hydrogen-bond acceptors (Lipinski definition) is 4. The van der Waals surface area contributed by atoms with E-state index >= 15 is 0 Å². The first kappa shape index (κ1) is 18.4. The summed E-state index contributed by atoms with van der Waals surface area (Å²) in [4.78, 5) is 6.48. The Bertz CT molecular complexity index is 523. The molecular weight excluding hydrogens is 318 g/mol. The van der Waals surface area contributed by atoms with E-state index in [2.05, 4.69) is 25.3 Å². The van der Waals surface area contributed by atoms with E-state index in [0.717, 1.165) is 45.0 Å². The number of nitrogens with one attached hydrogen (secondary N) is 2. The number of hydrogen-bond donors (Lipinski definition) is 2. The molecule has 0 saturated carbocycles. The van der Waals surface area contributed by atoms with E-state index in [1.54, 1.807) is 19.2 Å². The zero-order chi connectivity index (χ0) is 17.2. The fourth-order valence-corrected chi connectivity index (χ4v) is 2.40. The highest BCUT2D eigenvalue weighted by Gasteiger charge is 2.09. The van der Waals surface area contributed by atoms with E-state index < -0.39 is 6.61 Å². The number of morpholine rings is 1. The molecule has 24 heavy (non-hydrogen) atoms. The molecule has 0 radical (unpaired) electrons. The van der Waals surface area contributed by atoms with Gasteiger partial charge in [0.2, 0.25) is 0 Å². The van der Waals surface area contributed by atoms with Gasteiger partial charge >= 0.3 is 6.61 Å². The molecule has 0 unspecified atom stereocenters. The van der Waals surface area contributed by atoms with Crippen molar-refractivity contribution in [3.05, 3.63) is 29.8 Å². The molecule has 1 fully saturated rings. The molecule has 0 bridgehead atoms. The molecule has 0 aromatic heterocycles. The zero-order valence-electron chi connectivity index (χ0n) is 13.8. The lowest BCUT2D eigenvalue weighted by Gasteiger charge is -2.26. The molecule has 1 aliphatic rings. The monoisotopic (exact) mass is 342 g/mol. The van der Waals surface area contributed by atoms with Gasteiger partial charge in [0.15, 0.2) is 5.96 Å². The Balaban J connectivity index is 1.72. The highest BCUT2D eigenvalue weighted by molar-refractivity contribution is 5.79. The molecule has 2 N–H and O–H groups in total. The van der Waals surface area contributed by atoms with Crippen molar-refractivity contribution in [1.29, 1.82) is 0 Å². The van der Waals surface area contributed by atoms with Crippen molar-refractivity contribution in [2.75, 3.05) is 46.4 Å². The van der Waals surface area contributed by atoms with Crippen molar-refractivity contribution in [3.8, 4) is 5.75 Å². The predicted octanol–water partition coefficient (Wildman–Crippen LogP) is 1.29. The zero-order valence-corrected chi connectivity index (χ0v) is 13.8. The van der Waals surface area contributed by atoms with Crippen LogP contribution in [0.2, 0.25) is 0 Å². The lowest BCUT2D eigenvalue weighted by molar-refractivity contribution is -0.0498. The molecule has 1 saturated heterocycles. The van der Waals surface area contributed by atoms with E-state index in [9.17, 15) is 8.78 Å². The molecule has 8 heteroatoms. The van der Waals surface area contributed by atoms with Crippen LogP contribution in [0, 0.1) is 0 Å². The van der Waals surface area contributed by atoms with E-state index in [4.69, 9.17) is 4.74 Å². The Hall–Kier alpha value is -1.93. The summed E-state index contributed by atoms with van der Waals surface area (Å²) in [5, 5.41) is 6.40. The molecule has 0 aliphatic carbocycles. The molecule has 1 heterocycles. The van der Waals surface area contributed by atoms with Gasteiger partial charge in [0.25, 0.3) is 0 Å². The van der Waals surface area contributed by atoms with Crippen LogP contribution < -0.4 is 15.4 Å². The molecule has 1 aromatic carbocycles. The minimum Gasteiger partial charge on any atom is -0.435 e. The molecular formula is C16H24F2N4O2. The van der Waals surface area contributed by atoms with Crippen LogP contribution in [0.15, 0.2) is 29.3 Å². The van der Waals surface area contributed by atoms with Gasteiger partial charge in [0.1, 0.15) is 5.75 Å². The second-order valence-electron chi connectivity index (χ2n) is 5.33. The second-order valence-corrected chi connectivity index (χ2v) is 5.33. The van der Waals surface area contributed by atoms with Crippen molar-refractivity contribution in [2.24, 2.45) is 4.99 Å². The SMILES string of the molecule is CN=C(NCCN1CCOCC1)NCc1cccc(OC(F)F)c1. The van der Waals surface area contributed by atoms with Gasteiger partial charge in [-0.1, -0.05) is 12.1 Å². The van der Waals surface area contributed by atoms with Crippen LogP contribution in [-0.4, -0.2) is 63.9 Å². The van der Waals surface area contributed by atoms with Crippen molar-refractivity contribution in [1.82, 2.24) is 15.5 Å². The van der Waals surface area contributed by atoms with Crippen molar-refractivity contribution in [3.63, 3.8) is 0 Å². The van der Waals surface area contributed by atoms with Crippen LogP contribution in [0.1, 0.15) is 5.56 Å². The molecule has 0 spiro atoms.